The van der Waals surface area contributed by atoms with Gasteiger partial charge < -0.3 is 10.0 Å². The highest BCUT2D eigenvalue weighted by Gasteiger charge is 2.25. The average molecular weight is 313 g/mol. The first-order chi connectivity index (χ1) is 11.0. The number of aromatic nitrogens is 2. The number of hydrogen-bond acceptors (Lipinski definition) is 3. The van der Waals surface area contributed by atoms with Gasteiger partial charge in [0.15, 0.2) is 5.69 Å². The van der Waals surface area contributed by atoms with Crippen LogP contribution in [-0.2, 0) is 17.8 Å². The highest BCUT2D eigenvalue weighted by molar-refractivity contribution is 6.05. The van der Waals surface area contributed by atoms with Crippen molar-refractivity contribution in [3.05, 3.63) is 47.3 Å². The lowest BCUT2D eigenvalue weighted by Crippen LogP contribution is -2.35. The topological polar surface area (TPSA) is 75.4 Å². The summed E-state index contributed by atoms with van der Waals surface area (Å²) >= 11 is 0. The van der Waals surface area contributed by atoms with Gasteiger partial charge in [-0.1, -0.05) is 17.7 Å². The molecule has 1 aliphatic heterocycles. The van der Waals surface area contributed by atoms with Crippen LogP contribution in [0.5, 0.6) is 0 Å². The molecule has 0 atom stereocenters. The highest BCUT2D eigenvalue weighted by atomic mass is 16.4. The van der Waals surface area contributed by atoms with Crippen molar-refractivity contribution in [3.63, 3.8) is 0 Å². The minimum atomic E-state index is -0.881. The lowest BCUT2D eigenvalue weighted by atomic mass is 9.99. The van der Waals surface area contributed by atoms with Crippen LogP contribution in [0.15, 0.2) is 30.5 Å². The number of aliphatic carboxylic acids is 1. The number of amides is 1. The molecule has 1 aromatic carbocycles. The molecule has 0 unspecified atom stereocenters. The van der Waals surface area contributed by atoms with Gasteiger partial charge in [-0.2, -0.15) is 5.10 Å². The molecule has 120 valence electrons. The van der Waals surface area contributed by atoms with Crippen LogP contribution >= 0.6 is 0 Å². The van der Waals surface area contributed by atoms with E-state index >= 15 is 0 Å². The molecule has 2 heterocycles. The van der Waals surface area contributed by atoms with E-state index in [-0.39, 0.29) is 18.9 Å². The normalized spacial score (nSPS) is 13.7. The van der Waals surface area contributed by atoms with Crippen molar-refractivity contribution in [3.8, 4) is 0 Å². The van der Waals surface area contributed by atoms with Crippen LogP contribution in [0, 0.1) is 6.92 Å². The van der Waals surface area contributed by atoms with Crippen LogP contribution in [0.3, 0.4) is 0 Å². The fourth-order valence-electron chi connectivity index (χ4n) is 2.89. The van der Waals surface area contributed by atoms with Crippen molar-refractivity contribution in [2.75, 3.05) is 11.4 Å². The quantitative estimate of drug-likeness (QED) is 0.939. The average Bonchev–Trinajstić information content (AvgIpc) is 3.00. The van der Waals surface area contributed by atoms with E-state index in [1.165, 1.54) is 15.8 Å². The number of fused-ring (bicyclic) bond motifs is 1. The fourth-order valence-corrected chi connectivity index (χ4v) is 2.89. The number of aryl methyl sites for hydroxylation is 3. The molecule has 2 aromatic rings. The minimum Gasteiger partial charge on any atom is -0.481 e. The van der Waals surface area contributed by atoms with Gasteiger partial charge in [0, 0.05) is 18.4 Å². The van der Waals surface area contributed by atoms with Gasteiger partial charge in [0.1, 0.15) is 0 Å². The summed E-state index contributed by atoms with van der Waals surface area (Å²) in [4.78, 5) is 25.1. The second-order valence-corrected chi connectivity index (χ2v) is 5.80. The molecular formula is C17H19N3O3. The second-order valence-electron chi connectivity index (χ2n) is 5.80. The zero-order valence-corrected chi connectivity index (χ0v) is 13.0. The molecule has 0 aliphatic carbocycles. The zero-order valence-electron chi connectivity index (χ0n) is 13.0. The van der Waals surface area contributed by atoms with E-state index in [0.29, 0.717) is 12.2 Å². The molecule has 0 bridgehead atoms. The zero-order chi connectivity index (χ0) is 16.4. The molecule has 0 saturated heterocycles. The Balaban J connectivity index is 1.80. The Labute approximate surface area is 134 Å². The van der Waals surface area contributed by atoms with E-state index < -0.39 is 5.97 Å². The molecule has 6 heteroatoms. The summed E-state index contributed by atoms with van der Waals surface area (Å²) < 4.78 is 1.50. The number of carbonyl (C=O) groups excluding carboxylic acids is 1. The standard InChI is InChI=1S/C17H19N3O3/c1-12-4-5-15-13(11-12)3-2-8-20(15)17(23)14-6-9-19(18-14)10-7-16(21)22/h4-6,9,11H,2-3,7-8,10H2,1H3,(H,21,22). The predicted molar refractivity (Wildman–Crippen MR) is 85.7 cm³/mol. The number of hydrogen-bond donors (Lipinski definition) is 1. The Hall–Kier alpha value is -2.63. The van der Waals surface area contributed by atoms with Crippen molar-refractivity contribution in [2.45, 2.75) is 32.7 Å². The van der Waals surface area contributed by atoms with Crippen molar-refractivity contribution >= 4 is 17.6 Å². The molecule has 1 N–H and O–H groups in total. The summed E-state index contributed by atoms with van der Waals surface area (Å²) in [7, 11) is 0. The third-order valence-electron chi connectivity index (χ3n) is 4.01. The van der Waals surface area contributed by atoms with Gasteiger partial charge in [0.2, 0.25) is 0 Å². The van der Waals surface area contributed by atoms with E-state index in [4.69, 9.17) is 5.11 Å². The number of nitrogens with zero attached hydrogens (tertiary/aromatic N) is 3. The molecule has 0 fully saturated rings. The lowest BCUT2D eigenvalue weighted by molar-refractivity contribution is -0.137. The van der Waals surface area contributed by atoms with Gasteiger partial charge in [-0.15, -0.1) is 0 Å². The number of carbonyl (C=O) groups is 2. The first-order valence-electron chi connectivity index (χ1n) is 7.71. The van der Waals surface area contributed by atoms with Gasteiger partial charge in [-0.25, -0.2) is 0 Å². The summed E-state index contributed by atoms with van der Waals surface area (Å²) in [5.41, 5.74) is 3.68. The molecule has 0 saturated carbocycles. The first kappa shape index (κ1) is 15.3. The van der Waals surface area contributed by atoms with E-state index in [0.717, 1.165) is 18.5 Å². The Kier molecular flexibility index (Phi) is 4.14. The van der Waals surface area contributed by atoms with Gasteiger partial charge in [0.25, 0.3) is 5.91 Å². The van der Waals surface area contributed by atoms with Crippen LogP contribution in [0.1, 0.15) is 34.5 Å². The molecule has 0 spiro atoms. The summed E-state index contributed by atoms with van der Waals surface area (Å²) in [6.45, 7) is 2.99. The third-order valence-corrected chi connectivity index (χ3v) is 4.01. The smallest absolute Gasteiger partial charge is 0.305 e. The summed E-state index contributed by atoms with van der Waals surface area (Å²) in [5.74, 6) is -1.02. The number of carboxylic acid groups (broad SMARTS) is 1. The largest absolute Gasteiger partial charge is 0.481 e. The summed E-state index contributed by atoms with van der Waals surface area (Å²) in [6.07, 6.45) is 3.55. The molecule has 1 aromatic heterocycles. The Morgan fingerprint density at radius 3 is 2.91 bits per heavy atom. The van der Waals surface area contributed by atoms with Gasteiger partial charge in [-0.3, -0.25) is 14.3 Å². The monoisotopic (exact) mass is 313 g/mol. The van der Waals surface area contributed by atoms with Gasteiger partial charge >= 0.3 is 5.97 Å². The van der Waals surface area contributed by atoms with Crippen LogP contribution < -0.4 is 4.90 Å². The maximum absolute atomic E-state index is 12.7. The minimum absolute atomic E-state index is 0.0128. The van der Waals surface area contributed by atoms with Crippen molar-refractivity contribution in [1.29, 1.82) is 0 Å². The predicted octanol–water partition coefficient (Wildman–Crippen LogP) is 2.26. The van der Waals surface area contributed by atoms with E-state index in [1.807, 2.05) is 19.1 Å². The molecule has 1 aliphatic rings. The van der Waals surface area contributed by atoms with Crippen molar-refractivity contribution in [2.24, 2.45) is 0 Å². The maximum Gasteiger partial charge on any atom is 0.305 e. The first-order valence-corrected chi connectivity index (χ1v) is 7.71. The second kappa shape index (κ2) is 6.24. The number of carboxylic acids is 1. The summed E-state index contributed by atoms with van der Waals surface area (Å²) in [6, 6.07) is 7.77. The molecule has 23 heavy (non-hydrogen) atoms. The molecule has 3 rings (SSSR count). The van der Waals surface area contributed by atoms with Gasteiger partial charge in [0.05, 0.1) is 13.0 Å². The van der Waals surface area contributed by atoms with Crippen LogP contribution in [0.2, 0.25) is 0 Å². The Bertz CT molecular complexity index is 751. The molecule has 1 amide bonds. The summed E-state index contributed by atoms with van der Waals surface area (Å²) in [5, 5.41) is 12.9. The highest BCUT2D eigenvalue weighted by Crippen LogP contribution is 2.29. The van der Waals surface area contributed by atoms with Crippen LogP contribution in [0.4, 0.5) is 5.69 Å². The number of anilines is 1. The SMILES string of the molecule is Cc1ccc2c(c1)CCCN2C(=O)c1ccn(CCC(=O)O)n1. The maximum atomic E-state index is 12.7. The van der Waals surface area contributed by atoms with Crippen LogP contribution in [-0.4, -0.2) is 33.3 Å². The Morgan fingerprint density at radius 1 is 1.30 bits per heavy atom. The molecule has 6 nitrogen and oxygen atoms in total. The van der Waals surface area contributed by atoms with Crippen molar-refractivity contribution in [1.82, 2.24) is 9.78 Å². The van der Waals surface area contributed by atoms with Gasteiger partial charge in [-0.05, 0) is 37.5 Å². The number of benzene rings is 1. The van der Waals surface area contributed by atoms with E-state index in [2.05, 4.69) is 11.2 Å². The Morgan fingerprint density at radius 2 is 2.13 bits per heavy atom. The third kappa shape index (κ3) is 3.26. The van der Waals surface area contributed by atoms with Crippen LogP contribution in [0.25, 0.3) is 0 Å². The molecular weight excluding hydrogens is 294 g/mol. The van der Waals surface area contributed by atoms with E-state index in [9.17, 15) is 9.59 Å². The number of rotatable bonds is 4. The van der Waals surface area contributed by atoms with Crippen molar-refractivity contribution < 1.29 is 14.7 Å². The molecule has 0 radical (unpaired) electrons. The fraction of sp³-hybridized carbons (Fsp3) is 0.353. The van der Waals surface area contributed by atoms with E-state index in [1.54, 1.807) is 17.2 Å². The lowest BCUT2D eigenvalue weighted by Gasteiger charge is -2.29.